The van der Waals surface area contributed by atoms with Gasteiger partial charge in [-0.1, -0.05) is 95.9 Å². The third-order valence-corrected chi connectivity index (χ3v) is 11.0. The summed E-state index contributed by atoms with van der Waals surface area (Å²) >= 11 is 12.4. The van der Waals surface area contributed by atoms with Crippen molar-refractivity contribution in [2.24, 2.45) is 17.3 Å². The highest BCUT2D eigenvalue weighted by molar-refractivity contribution is 6.31. The van der Waals surface area contributed by atoms with Crippen LogP contribution in [-0.2, 0) is 35.7 Å². The Morgan fingerprint density at radius 3 is 2.29 bits per heavy atom. The normalized spacial score (nSPS) is 20.2. The van der Waals surface area contributed by atoms with E-state index in [0.29, 0.717) is 18.4 Å². The molecule has 0 aromatic heterocycles. The first-order chi connectivity index (χ1) is 27.3. The van der Waals surface area contributed by atoms with Crippen LogP contribution in [0.3, 0.4) is 0 Å². The number of amides is 1. The minimum Gasteiger partial charge on any atom is -0.496 e. The highest BCUT2D eigenvalue weighted by atomic mass is 35.5. The van der Waals surface area contributed by atoms with E-state index < -0.39 is 64.2 Å². The number of methoxy groups -OCH3 is 1. The maximum Gasteiger partial charge on any atom is 0.338 e. The van der Waals surface area contributed by atoms with E-state index in [0.717, 1.165) is 6.07 Å². The van der Waals surface area contributed by atoms with Crippen LogP contribution in [-0.4, -0.2) is 62.1 Å². The molecule has 1 heterocycles. The number of nitrogens with zero attached hydrogens (tertiary/aromatic N) is 1. The second-order valence-electron chi connectivity index (χ2n) is 16.2. The zero-order valence-electron chi connectivity index (χ0n) is 34.0. The number of carbonyl (C=O) groups is 4. The van der Waals surface area contributed by atoms with Crippen molar-refractivity contribution in [1.29, 1.82) is 5.26 Å². The smallest absolute Gasteiger partial charge is 0.338 e. The summed E-state index contributed by atoms with van der Waals surface area (Å²) in [4.78, 5) is 52.7. The van der Waals surface area contributed by atoms with Crippen LogP contribution in [0.1, 0.15) is 94.3 Å². The molecule has 0 saturated carbocycles. The van der Waals surface area contributed by atoms with Crippen molar-refractivity contribution in [2.45, 2.75) is 97.2 Å². The Labute approximate surface area is 348 Å². The largest absolute Gasteiger partial charge is 0.496 e. The number of benzene rings is 3. The van der Waals surface area contributed by atoms with Gasteiger partial charge >= 0.3 is 11.9 Å². The number of halogens is 4. The second kappa shape index (κ2) is 19.5. The summed E-state index contributed by atoms with van der Waals surface area (Å²) in [6.45, 7) is 12.5. The molecule has 1 aliphatic heterocycles. The van der Waals surface area contributed by atoms with Crippen molar-refractivity contribution in [1.82, 2.24) is 10.6 Å². The first-order valence-corrected chi connectivity index (χ1v) is 20.0. The average Bonchev–Trinajstić information content (AvgIpc) is 3.48. The molecule has 14 heteroatoms. The molecule has 312 valence electrons. The third-order valence-electron chi connectivity index (χ3n) is 10.5. The fourth-order valence-electron chi connectivity index (χ4n) is 7.35. The number of esters is 2. The fraction of sp³-hybridized carbons (Fsp3) is 0.477. The maximum atomic E-state index is 16.1. The lowest BCUT2D eigenvalue weighted by Crippen LogP contribution is -2.47. The molecule has 1 saturated heterocycles. The zero-order chi connectivity index (χ0) is 43.1. The summed E-state index contributed by atoms with van der Waals surface area (Å²) in [6, 6.07) is 12.1. The number of Topliss-reactive ketones (excluding diaryl/α,β-unsaturated/α-hetero) is 1. The minimum absolute atomic E-state index is 0.0306. The summed E-state index contributed by atoms with van der Waals surface area (Å²) in [7, 11) is 1.37. The fourth-order valence-corrected chi connectivity index (χ4v) is 7.69. The van der Waals surface area contributed by atoms with Crippen LogP contribution in [0.15, 0.2) is 54.6 Å². The van der Waals surface area contributed by atoms with Gasteiger partial charge in [0, 0.05) is 40.4 Å². The Bertz CT molecular complexity index is 2050. The van der Waals surface area contributed by atoms with Crippen LogP contribution in [0, 0.1) is 40.2 Å². The second-order valence-corrected chi connectivity index (χ2v) is 17.0. The van der Waals surface area contributed by atoms with E-state index in [1.165, 1.54) is 55.6 Å². The van der Waals surface area contributed by atoms with Gasteiger partial charge in [0.2, 0.25) is 5.91 Å². The van der Waals surface area contributed by atoms with E-state index in [1.807, 2.05) is 27.7 Å². The lowest BCUT2D eigenvalue weighted by molar-refractivity contribution is -0.150. The number of nitrogens with one attached hydrogen (secondary N) is 2. The first kappa shape index (κ1) is 46.1. The summed E-state index contributed by atoms with van der Waals surface area (Å²) in [5.41, 5.74) is -1.82. The van der Waals surface area contributed by atoms with Gasteiger partial charge in [0.1, 0.15) is 42.1 Å². The topological polar surface area (TPSA) is 144 Å². The highest BCUT2D eigenvalue weighted by Gasteiger charge is 2.61. The molecule has 0 aliphatic carbocycles. The first-order valence-electron chi connectivity index (χ1n) is 19.2. The average molecular weight is 843 g/mol. The van der Waals surface area contributed by atoms with Crippen LogP contribution in [0.4, 0.5) is 8.78 Å². The van der Waals surface area contributed by atoms with E-state index in [-0.39, 0.29) is 69.9 Å². The van der Waals surface area contributed by atoms with Gasteiger partial charge in [0.15, 0.2) is 5.78 Å². The standard InChI is InChI=1S/C44H51Cl2F2N3O7/c1-9-25(4)40(53)51-38(24(2)3)42(55)58-18-17-57-41(54)27-14-13-26(34(20-27)56-8)19-33(52)39-36(29-11-10-12-31(46)37(29)48)44(23-49,35(50-39)22-43(5,6)7)30-16-15-28(45)21-32(30)47/h10-16,20-21,24-25,35-36,38-39,50H,9,17-19,22H2,1-8H3,(H,51,53)/t25-,35+,36+,38+,39+,44+/m1/s1. The van der Waals surface area contributed by atoms with E-state index in [2.05, 4.69) is 16.7 Å². The molecule has 2 N–H and O–H groups in total. The Morgan fingerprint density at radius 1 is 1.00 bits per heavy atom. The molecular formula is C44H51Cl2F2N3O7. The minimum atomic E-state index is -1.79. The van der Waals surface area contributed by atoms with Crippen LogP contribution >= 0.6 is 23.2 Å². The molecule has 58 heavy (non-hydrogen) atoms. The Balaban J connectivity index is 1.59. The predicted molar refractivity (Wildman–Crippen MR) is 217 cm³/mol. The van der Waals surface area contributed by atoms with E-state index >= 15 is 8.78 Å². The van der Waals surface area contributed by atoms with Gasteiger partial charge in [-0.05, 0) is 60.1 Å². The van der Waals surface area contributed by atoms with Crippen LogP contribution in [0.2, 0.25) is 10.0 Å². The molecule has 1 fully saturated rings. The van der Waals surface area contributed by atoms with Gasteiger partial charge in [-0.3, -0.25) is 9.59 Å². The molecule has 0 bridgehead atoms. The molecule has 1 amide bonds. The Morgan fingerprint density at radius 2 is 1.69 bits per heavy atom. The van der Waals surface area contributed by atoms with Crippen LogP contribution in [0.5, 0.6) is 5.75 Å². The summed E-state index contributed by atoms with van der Waals surface area (Å²) in [6.07, 6.45) is 0.640. The van der Waals surface area contributed by atoms with E-state index in [9.17, 15) is 24.4 Å². The number of hydrogen-bond acceptors (Lipinski definition) is 9. The number of carbonyl (C=O) groups excluding carboxylic acids is 4. The number of ether oxygens (including phenoxy) is 3. The summed E-state index contributed by atoms with van der Waals surface area (Å²) in [5.74, 6) is -5.29. The number of ketones is 1. The lowest BCUT2D eigenvalue weighted by atomic mass is 9.62. The van der Waals surface area contributed by atoms with Gasteiger partial charge in [-0.15, -0.1) is 0 Å². The highest BCUT2D eigenvalue weighted by Crippen LogP contribution is 2.53. The summed E-state index contributed by atoms with van der Waals surface area (Å²) < 4.78 is 48.3. The van der Waals surface area contributed by atoms with Crippen LogP contribution < -0.4 is 15.4 Å². The summed E-state index contributed by atoms with van der Waals surface area (Å²) in [5, 5.41) is 17.0. The Hall–Kier alpha value is -4.57. The quantitative estimate of drug-likeness (QED) is 0.108. The van der Waals surface area contributed by atoms with E-state index in [1.54, 1.807) is 20.8 Å². The van der Waals surface area contributed by atoms with Crippen molar-refractivity contribution < 1.29 is 42.2 Å². The molecule has 6 atom stereocenters. The van der Waals surface area contributed by atoms with Crippen molar-refractivity contribution >= 4 is 46.8 Å². The molecule has 0 radical (unpaired) electrons. The lowest BCUT2D eigenvalue weighted by Gasteiger charge is -2.37. The molecule has 0 unspecified atom stereocenters. The maximum absolute atomic E-state index is 16.1. The van der Waals surface area contributed by atoms with Gasteiger partial charge in [-0.2, -0.15) is 5.26 Å². The molecule has 0 spiro atoms. The SMILES string of the molecule is CC[C@@H](C)C(=O)N[C@H](C(=O)OCCOC(=O)c1ccc(CC(=O)[C@@H]2N[C@@H](CC(C)(C)C)[C@](C#N)(c3ccc(Cl)cc3F)[C@H]2c2cccc(Cl)c2F)c(OC)c1)C(C)C. The monoisotopic (exact) mass is 841 g/mol. The zero-order valence-corrected chi connectivity index (χ0v) is 35.5. The van der Waals surface area contributed by atoms with E-state index in [4.69, 9.17) is 37.4 Å². The molecule has 3 aromatic rings. The van der Waals surface area contributed by atoms with Crippen molar-refractivity contribution in [3.05, 3.63) is 98.5 Å². The third kappa shape index (κ3) is 10.3. The molecule has 4 rings (SSSR count). The molecular weight excluding hydrogens is 791 g/mol. The van der Waals surface area contributed by atoms with Crippen molar-refractivity contribution in [2.75, 3.05) is 20.3 Å². The predicted octanol–water partition coefficient (Wildman–Crippen LogP) is 8.30. The van der Waals surface area contributed by atoms with Gasteiger partial charge < -0.3 is 24.8 Å². The molecule has 3 aromatic carbocycles. The van der Waals surface area contributed by atoms with Crippen LogP contribution in [0.25, 0.3) is 0 Å². The molecule has 10 nitrogen and oxygen atoms in total. The van der Waals surface area contributed by atoms with Gasteiger partial charge in [0.25, 0.3) is 0 Å². The number of hydrogen-bond donors (Lipinski definition) is 2. The number of nitriles is 1. The van der Waals surface area contributed by atoms with Gasteiger partial charge in [0.05, 0.1) is 29.8 Å². The van der Waals surface area contributed by atoms with Crippen molar-refractivity contribution in [3.63, 3.8) is 0 Å². The number of rotatable bonds is 16. The Kier molecular flexibility index (Phi) is 15.5. The molecule has 1 aliphatic rings. The van der Waals surface area contributed by atoms with Crippen molar-refractivity contribution in [3.8, 4) is 11.8 Å². The van der Waals surface area contributed by atoms with Gasteiger partial charge in [-0.25, -0.2) is 18.4 Å².